The zero-order chi connectivity index (χ0) is 15.6. The van der Waals surface area contributed by atoms with Gasteiger partial charge in [-0.15, -0.1) is 0 Å². The molecule has 0 amide bonds. The summed E-state index contributed by atoms with van der Waals surface area (Å²) in [6, 6.07) is 0. The molecule has 3 heteroatoms. The van der Waals surface area contributed by atoms with Crippen LogP contribution in [0.25, 0.3) is 0 Å². The minimum Gasteiger partial charge on any atom is -0.481 e. The molecule has 21 heavy (non-hydrogen) atoms. The highest BCUT2D eigenvalue weighted by atomic mass is 16.4. The Bertz CT molecular complexity index is 290. The Hall–Kier alpha value is -0.570. The summed E-state index contributed by atoms with van der Waals surface area (Å²) in [7, 11) is 0. The maximum atomic E-state index is 11.6. The number of carbonyl (C=O) groups is 1. The fourth-order valence-electron chi connectivity index (χ4n) is 3.62. The van der Waals surface area contributed by atoms with Crippen molar-refractivity contribution < 1.29 is 15.0 Å². The Morgan fingerprint density at radius 3 is 2.24 bits per heavy atom. The van der Waals surface area contributed by atoms with Crippen LogP contribution >= 0.6 is 0 Å². The van der Waals surface area contributed by atoms with Gasteiger partial charge in [0.25, 0.3) is 0 Å². The van der Waals surface area contributed by atoms with Crippen molar-refractivity contribution in [3.8, 4) is 0 Å². The fourth-order valence-corrected chi connectivity index (χ4v) is 3.62. The molecule has 0 saturated heterocycles. The molecule has 1 fully saturated rings. The molecule has 124 valence electrons. The molecule has 1 saturated carbocycles. The molecule has 0 aliphatic heterocycles. The summed E-state index contributed by atoms with van der Waals surface area (Å²) >= 11 is 0. The Morgan fingerprint density at radius 1 is 1.00 bits per heavy atom. The van der Waals surface area contributed by atoms with Gasteiger partial charge in [0.15, 0.2) is 0 Å². The molecule has 0 spiro atoms. The topological polar surface area (TPSA) is 57.5 Å². The lowest BCUT2D eigenvalue weighted by Gasteiger charge is -2.34. The van der Waals surface area contributed by atoms with Gasteiger partial charge in [-0.25, -0.2) is 0 Å². The Balaban J connectivity index is 2.68. The molecule has 2 atom stereocenters. The van der Waals surface area contributed by atoms with Gasteiger partial charge < -0.3 is 10.2 Å². The van der Waals surface area contributed by atoms with Crippen molar-refractivity contribution in [3.63, 3.8) is 0 Å². The third-order valence-electron chi connectivity index (χ3n) is 5.01. The number of carboxylic acid groups (broad SMARTS) is 1. The van der Waals surface area contributed by atoms with E-state index in [2.05, 4.69) is 6.92 Å². The van der Waals surface area contributed by atoms with Gasteiger partial charge in [-0.05, 0) is 19.3 Å². The molecular weight excluding hydrogens is 264 g/mol. The van der Waals surface area contributed by atoms with E-state index >= 15 is 0 Å². The molecule has 3 nitrogen and oxygen atoms in total. The zero-order valence-electron chi connectivity index (χ0n) is 13.8. The minimum atomic E-state index is -0.982. The van der Waals surface area contributed by atoms with Crippen LogP contribution in [0.1, 0.15) is 96.8 Å². The molecule has 2 N–H and O–H groups in total. The van der Waals surface area contributed by atoms with Crippen LogP contribution in [0.15, 0.2) is 0 Å². The van der Waals surface area contributed by atoms with Crippen LogP contribution in [0.2, 0.25) is 0 Å². The van der Waals surface area contributed by atoms with Crippen LogP contribution < -0.4 is 0 Å². The van der Waals surface area contributed by atoms with Gasteiger partial charge in [0.2, 0.25) is 0 Å². The predicted octanol–water partition coefficient (Wildman–Crippen LogP) is 4.91. The lowest BCUT2D eigenvalue weighted by atomic mass is 9.76. The first kappa shape index (κ1) is 18.5. The molecular formula is C18H34O3. The maximum Gasteiger partial charge on any atom is 0.309 e. The quantitative estimate of drug-likeness (QED) is 0.685. The van der Waals surface area contributed by atoms with Crippen LogP contribution in [-0.4, -0.2) is 21.8 Å². The first-order valence-corrected chi connectivity index (χ1v) is 9.05. The summed E-state index contributed by atoms with van der Waals surface area (Å²) in [5.74, 6) is -1.37. The van der Waals surface area contributed by atoms with E-state index < -0.39 is 17.5 Å². The number of aliphatic carboxylic acids is 1. The summed E-state index contributed by atoms with van der Waals surface area (Å²) in [6.07, 6.45) is 14.2. The second kappa shape index (κ2) is 10.2. The summed E-state index contributed by atoms with van der Waals surface area (Å²) < 4.78 is 0. The minimum absolute atomic E-state index is 0.572. The highest BCUT2D eigenvalue weighted by molar-refractivity contribution is 5.71. The Kier molecular flexibility index (Phi) is 8.98. The van der Waals surface area contributed by atoms with Crippen LogP contribution in [-0.2, 0) is 4.79 Å². The van der Waals surface area contributed by atoms with Gasteiger partial charge in [-0.3, -0.25) is 4.79 Å². The maximum absolute atomic E-state index is 11.6. The van der Waals surface area contributed by atoms with Crippen molar-refractivity contribution in [2.45, 2.75) is 102 Å². The number of hydrogen-bond acceptors (Lipinski definition) is 2. The van der Waals surface area contributed by atoms with Gasteiger partial charge in [0.05, 0.1) is 11.5 Å². The highest BCUT2D eigenvalue weighted by Crippen LogP contribution is 2.34. The summed E-state index contributed by atoms with van der Waals surface area (Å²) in [4.78, 5) is 11.6. The predicted molar refractivity (Wildman–Crippen MR) is 86.4 cm³/mol. The van der Waals surface area contributed by atoms with Crippen LogP contribution in [0.3, 0.4) is 0 Å². The van der Waals surface area contributed by atoms with E-state index in [1.807, 2.05) is 0 Å². The number of carboxylic acids is 1. The van der Waals surface area contributed by atoms with E-state index in [1.54, 1.807) is 0 Å². The van der Waals surface area contributed by atoms with E-state index in [4.69, 9.17) is 0 Å². The number of hydrogen-bond donors (Lipinski definition) is 2. The number of aliphatic hydroxyl groups is 1. The van der Waals surface area contributed by atoms with Gasteiger partial charge in [-0.2, -0.15) is 0 Å². The third-order valence-corrected chi connectivity index (χ3v) is 5.01. The fraction of sp³-hybridized carbons (Fsp3) is 0.944. The van der Waals surface area contributed by atoms with Crippen molar-refractivity contribution in [2.24, 2.45) is 5.92 Å². The summed E-state index contributed by atoms with van der Waals surface area (Å²) in [5.41, 5.74) is -0.982. The van der Waals surface area contributed by atoms with E-state index in [-0.39, 0.29) is 0 Å². The van der Waals surface area contributed by atoms with Crippen molar-refractivity contribution >= 4 is 5.97 Å². The Morgan fingerprint density at radius 2 is 1.62 bits per heavy atom. The standard InChI is InChI=1S/C18H34O3/c1-2-3-4-11-14-18(21)15-12-9-7-5-6-8-10-13-16(18)17(19)20/h16,21H,2-15H2,1H3,(H,19,20). The molecule has 1 aliphatic rings. The molecule has 0 heterocycles. The van der Waals surface area contributed by atoms with Crippen molar-refractivity contribution in [3.05, 3.63) is 0 Å². The lowest BCUT2D eigenvalue weighted by Crippen LogP contribution is -2.42. The highest BCUT2D eigenvalue weighted by Gasteiger charge is 2.40. The second-order valence-electron chi connectivity index (χ2n) is 6.82. The van der Waals surface area contributed by atoms with Crippen LogP contribution in [0.4, 0.5) is 0 Å². The molecule has 0 aromatic heterocycles. The SMILES string of the molecule is CCCCCCC1(O)CCCCCCCCCC1C(=O)O. The smallest absolute Gasteiger partial charge is 0.309 e. The molecule has 1 rings (SSSR count). The summed E-state index contributed by atoms with van der Waals surface area (Å²) in [5, 5.41) is 20.6. The second-order valence-corrected chi connectivity index (χ2v) is 6.82. The van der Waals surface area contributed by atoms with E-state index in [0.717, 1.165) is 38.5 Å². The van der Waals surface area contributed by atoms with E-state index in [1.165, 1.54) is 32.1 Å². The third kappa shape index (κ3) is 6.82. The number of rotatable bonds is 6. The van der Waals surface area contributed by atoms with Crippen LogP contribution in [0, 0.1) is 5.92 Å². The average Bonchev–Trinajstić information content (AvgIpc) is 2.48. The summed E-state index contributed by atoms with van der Waals surface area (Å²) in [6.45, 7) is 2.17. The molecule has 0 radical (unpaired) electrons. The molecule has 1 aliphatic carbocycles. The van der Waals surface area contributed by atoms with E-state index in [9.17, 15) is 15.0 Å². The zero-order valence-corrected chi connectivity index (χ0v) is 13.8. The molecule has 0 aromatic rings. The average molecular weight is 298 g/mol. The lowest BCUT2D eigenvalue weighted by molar-refractivity contribution is -0.154. The van der Waals surface area contributed by atoms with Gasteiger partial charge in [-0.1, -0.05) is 77.6 Å². The van der Waals surface area contributed by atoms with Gasteiger partial charge in [0, 0.05) is 0 Å². The first-order chi connectivity index (χ1) is 10.1. The largest absolute Gasteiger partial charge is 0.481 e. The first-order valence-electron chi connectivity index (χ1n) is 9.05. The number of unbranched alkanes of at least 4 members (excludes halogenated alkanes) is 3. The van der Waals surface area contributed by atoms with Crippen molar-refractivity contribution in [1.29, 1.82) is 0 Å². The van der Waals surface area contributed by atoms with Crippen molar-refractivity contribution in [2.75, 3.05) is 0 Å². The molecule has 0 bridgehead atoms. The monoisotopic (exact) mass is 298 g/mol. The Labute approximate surface area is 130 Å². The van der Waals surface area contributed by atoms with Crippen molar-refractivity contribution in [1.82, 2.24) is 0 Å². The van der Waals surface area contributed by atoms with Gasteiger partial charge in [0.1, 0.15) is 0 Å². The normalized spacial score (nSPS) is 28.8. The van der Waals surface area contributed by atoms with Gasteiger partial charge >= 0.3 is 5.97 Å². The van der Waals surface area contributed by atoms with E-state index in [0.29, 0.717) is 19.3 Å². The van der Waals surface area contributed by atoms with Crippen LogP contribution in [0.5, 0.6) is 0 Å². The molecule has 0 aromatic carbocycles. The molecule has 2 unspecified atom stereocenters.